The van der Waals surface area contributed by atoms with E-state index in [1.807, 2.05) is 24.4 Å². The fourth-order valence-electron chi connectivity index (χ4n) is 12.3. The first-order valence-corrected chi connectivity index (χ1v) is 27.5. The molecule has 0 saturated carbocycles. The molecule has 81 heavy (non-hydrogen) atoms. The molecule has 0 amide bonds. The number of imidazole rings is 1. The van der Waals surface area contributed by atoms with Gasteiger partial charge >= 0.3 is 0 Å². The molecule has 0 fully saturated rings. The van der Waals surface area contributed by atoms with E-state index in [9.17, 15) is 0 Å². The van der Waals surface area contributed by atoms with Crippen LogP contribution in [-0.4, -0.2) is 18.7 Å². The van der Waals surface area contributed by atoms with Crippen LogP contribution in [0.3, 0.4) is 0 Å². The third-order valence-electron chi connectivity index (χ3n) is 16.3. The predicted molar refractivity (Wildman–Crippen MR) is 327 cm³/mol. The van der Waals surface area contributed by atoms with Crippen molar-refractivity contribution in [3.05, 3.63) is 254 Å². The largest absolute Gasteiger partial charge is 0.510 e. The van der Waals surface area contributed by atoms with Crippen molar-refractivity contribution in [1.29, 1.82) is 0 Å². The minimum absolute atomic E-state index is 0. The van der Waals surface area contributed by atoms with Crippen molar-refractivity contribution in [2.24, 2.45) is 0 Å². The van der Waals surface area contributed by atoms with Crippen molar-refractivity contribution in [2.45, 2.75) is 52.4 Å². The monoisotopic (exact) mass is 1220 g/mol. The van der Waals surface area contributed by atoms with Crippen LogP contribution in [0.25, 0.3) is 122 Å². The van der Waals surface area contributed by atoms with E-state index in [1.54, 1.807) is 0 Å². The zero-order valence-electron chi connectivity index (χ0n) is 45.8. The third-order valence-corrected chi connectivity index (χ3v) is 16.3. The molecule has 10 aromatic carbocycles. The van der Waals surface area contributed by atoms with Gasteiger partial charge in [0.2, 0.25) is 0 Å². The molecule has 1 aliphatic heterocycles. The van der Waals surface area contributed by atoms with Gasteiger partial charge in [0.1, 0.15) is 5.82 Å². The summed E-state index contributed by atoms with van der Waals surface area (Å²) in [5.41, 5.74) is 20.7. The smallest absolute Gasteiger partial charge is 0.268 e. The van der Waals surface area contributed by atoms with Gasteiger partial charge < -0.3 is 18.4 Å². The molecule has 15 rings (SSSR count). The molecular weight excluding hydrogens is 1170 g/mol. The van der Waals surface area contributed by atoms with Gasteiger partial charge in [-0.15, -0.1) is 29.7 Å². The van der Waals surface area contributed by atoms with Gasteiger partial charge in [-0.25, -0.2) is 4.98 Å². The van der Waals surface area contributed by atoms with Gasteiger partial charge in [0.05, 0.1) is 27.8 Å². The van der Waals surface area contributed by atoms with Crippen LogP contribution in [0.15, 0.2) is 225 Å². The first-order valence-electron chi connectivity index (χ1n) is 27.5. The van der Waals surface area contributed by atoms with Gasteiger partial charge in [-0.1, -0.05) is 193 Å². The second-order valence-corrected chi connectivity index (χ2v) is 23.2. The first kappa shape index (κ1) is 50.2. The number of fused-ring (bicyclic) bond motifs is 13. The van der Waals surface area contributed by atoms with E-state index >= 15 is 0 Å². The average molecular weight is 1230 g/mol. The van der Waals surface area contributed by atoms with E-state index in [4.69, 9.17) is 9.72 Å². The van der Waals surface area contributed by atoms with Crippen molar-refractivity contribution in [3.8, 4) is 78.9 Å². The van der Waals surface area contributed by atoms with Crippen molar-refractivity contribution >= 4 is 54.6 Å². The maximum absolute atomic E-state index is 6.82. The van der Waals surface area contributed by atoms with Gasteiger partial charge in [-0.3, -0.25) is 4.57 Å². The number of rotatable bonds is 6. The molecule has 4 aromatic heterocycles. The van der Waals surface area contributed by atoms with E-state index in [0.29, 0.717) is 11.5 Å². The SMILES string of the molecule is CC(C)(C)c1ccc(-c2cccc3c2-[n+]2[c-]n(-c4[c-]c(Oc5[c-]c6c(cc5)c5ccccc5n6-c5cc(C(C)(C)C)ccn5)ccc4)c4cccc(c42)-c2ccccc2-c2ccc(-n4c5ccccc5c5ccccc54)cc2-3)cc1.[Pt]. The van der Waals surface area contributed by atoms with Gasteiger partial charge in [0.15, 0.2) is 0 Å². The van der Waals surface area contributed by atoms with Gasteiger partial charge in [0, 0.05) is 60.7 Å². The van der Waals surface area contributed by atoms with E-state index in [2.05, 4.69) is 278 Å². The van der Waals surface area contributed by atoms with Crippen molar-refractivity contribution in [2.75, 3.05) is 0 Å². The Morgan fingerprint density at radius 2 is 1.00 bits per heavy atom. The van der Waals surface area contributed by atoms with Crippen LogP contribution >= 0.6 is 0 Å². The van der Waals surface area contributed by atoms with Crippen LogP contribution in [0, 0.1) is 18.5 Å². The minimum atomic E-state index is -0.0483. The summed E-state index contributed by atoms with van der Waals surface area (Å²) in [5.74, 6) is 1.98. The summed E-state index contributed by atoms with van der Waals surface area (Å²) in [4.78, 5) is 4.91. The van der Waals surface area contributed by atoms with Crippen LogP contribution in [0.5, 0.6) is 11.5 Å². The van der Waals surface area contributed by atoms with Gasteiger partial charge in [-0.05, 0) is 120 Å². The Labute approximate surface area is 486 Å². The fourth-order valence-corrected chi connectivity index (χ4v) is 12.3. The summed E-state index contributed by atoms with van der Waals surface area (Å²) >= 11 is 0. The molecule has 394 valence electrons. The zero-order chi connectivity index (χ0) is 54.0. The maximum Gasteiger partial charge on any atom is 0.268 e. The molecule has 0 bridgehead atoms. The Kier molecular flexibility index (Phi) is 11.8. The Morgan fingerprint density at radius 3 is 1.72 bits per heavy atom. The Bertz CT molecular complexity index is 4780. The summed E-state index contributed by atoms with van der Waals surface area (Å²) in [6, 6.07) is 86.3. The Hall–Kier alpha value is -9.09. The summed E-state index contributed by atoms with van der Waals surface area (Å²) < 4.78 is 15.9. The van der Waals surface area contributed by atoms with Crippen LogP contribution in [-0.2, 0) is 31.9 Å². The molecule has 0 unspecified atom stereocenters. The van der Waals surface area contributed by atoms with Gasteiger partial charge in [0.25, 0.3) is 6.33 Å². The molecule has 6 nitrogen and oxygen atoms in total. The zero-order valence-corrected chi connectivity index (χ0v) is 48.1. The van der Waals surface area contributed by atoms with E-state index < -0.39 is 0 Å². The van der Waals surface area contributed by atoms with Gasteiger partial charge in [-0.2, -0.15) is 18.2 Å². The molecule has 0 N–H and O–H groups in total. The normalized spacial score (nSPS) is 12.2. The summed E-state index contributed by atoms with van der Waals surface area (Å²) in [5, 5.41) is 4.66. The quantitative estimate of drug-likeness (QED) is 0.123. The first-order chi connectivity index (χ1) is 38.9. The van der Waals surface area contributed by atoms with E-state index in [0.717, 1.165) is 100 Å². The molecule has 7 heteroatoms. The summed E-state index contributed by atoms with van der Waals surface area (Å²) in [7, 11) is 0. The minimum Gasteiger partial charge on any atom is -0.510 e. The van der Waals surface area contributed by atoms with Crippen LogP contribution < -0.4 is 9.30 Å². The molecule has 14 aromatic rings. The second kappa shape index (κ2) is 19.0. The number of hydrogen-bond acceptors (Lipinski definition) is 2. The standard InChI is InChI=1S/C74H55N5O.Pt/c1-73(2,3)48-34-32-47(33-35-48)54-25-16-26-63-64-44-51(78-65-28-12-9-22-58(65)59-23-10-13-29-66(59)78)36-38-57(64)55-20-7-8-21-56(55)62-27-17-31-68-72(62)77(71(54)63)46-76(68)50-18-15-19-52(43-50)80-53-37-39-61-60-24-11-14-30-67(60)79(69(61)45-53)70-42-49(40-41-75-70)74(4,5)6;/h7-42,44H,1-6H3;/q-2;. The Morgan fingerprint density at radius 1 is 0.432 bits per heavy atom. The van der Waals surface area contributed by atoms with E-state index in [-0.39, 0.29) is 31.9 Å². The molecular formula is C74H55N5OPt-2. The van der Waals surface area contributed by atoms with Crippen LogP contribution in [0.2, 0.25) is 0 Å². The third kappa shape index (κ3) is 8.18. The number of aromatic nitrogens is 5. The topological polar surface area (TPSA) is 40.8 Å². The molecule has 0 aliphatic carbocycles. The number of hydrogen-bond donors (Lipinski definition) is 0. The molecule has 0 radical (unpaired) electrons. The summed E-state index contributed by atoms with van der Waals surface area (Å²) in [6.07, 6.45) is 5.90. The van der Waals surface area contributed by atoms with Crippen LogP contribution in [0.4, 0.5) is 0 Å². The number of para-hydroxylation sites is 5. The van der Waals surface area contributed by atoms with Crippen LogP contribution in [0.1, 0.15) is 52.7 Å². The maximum atomic E-state index is 6.82. The number of ether oxygens (including phenoxy) is 1. The van der Waals surface area contributed by atoms with E-state index in [1.165, 1.54) is 32.9 Å². The van der Waals surface area contributed by atoms with Crippen molar-refractivity contribution in [1.82, 2.24) is 18.7 Å². The summed E-state index contributed by atoms with van der Waals surface area (Å²) in [6.45, 7) is 13.5. The molecule has 1 aliphatic rings. The van der Waals surface area contributed by atoms with Crippen molar-refractivity contribution in [3.63, 3.8) is 0 Å². The number of benzene rings is 10. The average Bonchev–Trinajstić information content (AvgIpc) is 4.38. The number of nitrogens with zero attached hydrogens (tertiary/aromatic N) is 5. The molecule has 0 atom stereocenters. The molecule has 0 spiro atoms. The second-order valence-electron chi connectivity index (χ2n) is 23.2. The molecule has 0 saturated heterocycles. The Balaban J connectivity index is 0.00000589. The fraction of sp³-hybridized carbons (Fsp3) is 0.108. The molecule has 5 heterocycles. The van der Waals surface area contributed by atoms with Crippen molar-refractivity contribution < 1.29 is 30.4 Å². The predicted octanol–water partition coefficient (Wildman–Crippen LogP) is 18.3. The number of pyridine rings is 1.